The predicted octanol–water partition coefficient (Wildman–Crippen LogP) is 5.59. The second kappa shape index (κ2) is 6.46. The molecule has 0 saturated carbocycles. The smallest absolute Gasteiger partial charge is 0.147 e. The van der Waals surface area contributed by atoms with Crippen LogP contribution in [-0.4, -0.2) is 14.7 Å². The van der Waals surface area contributed by atoms with Gasteiger partial charge >= 0.3 is 0 Å². The third-order valence-electron chi connectivity index (χ3n) is 2.54. The van der Waals surface area contributed by atoms with Crippen LogP contribution in [0.1, 0.15) is 26.6 Å². The van der Waals surface area contributed by atoms with E-state index in [4.69, 9.17) is 11.6 Å². The Morgan fingerprint density at radius 1 is 1.15 bits per heavy atom. The highest BCUT2D eigenvalue weighted by molar-refractivity contribution is 9.10. The molecule has 2 aromatic rings. The maximum Gasteiger partial charge on any atom is 0.147 e. The van der Waals surface area contributed by atoms with Crippen LogP contribution < -0.4 is 0 Å². The molecule has 0 bridgehead atoms. The summed E-state index contributed by atoms with van der Waals surface area (Å²) >= 11 is 11.5. The first-order chi connectivity index (χ1) is 9.37. The Balaban J connectivity index is 2.35. The van der Waals surface area contributed by atoms with Gasteiger partial charge in [-0.15, -0.1) is 11.8 Å². The molecule has 20 heavy (non-hydrogen) atoms. The monoisotopic (exact) mass is 370 g/mol. The zero-order chi connectivity index (χ0) is 14.8. The first kappa shape index (κ1) is 15.8. The van der Waals surface area contributed by atoms with Gasteiger partial charge in [0.1, 0.15) is 11.0 Å². The van der Waals surface area contributed by atoms with Crippen molar-refractivity contribution in [2.75, 3.05) is 0 Å². The number of hydrogen-bond donors (Lipinski definition) is 0. The number of halogens is 2. The summed E-state index contributed by atoms with van der Waals surface area (Å²) < 4.78 is 0.922. The molecule has 0 unspecified atom stereocenters. The quantitative estimate of drug-likeness (QED) is 0.658. The van der Waals surface area contributed by atoms with Crippen molar-refractivity contribution in [1.82, 2.24) is 9.97 Å². The fraction of sp³-hybridized carbons (Fsp3) is 0.333. The Morgan fingerprint density at radius 2 is 1.80 bits per heavy atom. The van der Waals surface area contributed by atoms with Gasteiger partial charge in [0, 0.05) is 10.3 Å². The van der Waals surface area contributed by atoms with Crippen LogP contribution in [0.3, 0.4) is 0 Å². The van der Waals surface area contributed by atoms with Crippen LogP contribution in [0.2, 0.25) is 5.15 Å². The van der Waals surface area contributed by atoms with Crippen molar-refractivity contribution >= 4 is 39.3 Å². The molecule has 0 saturated heterocycles. The normalized spacial score (nSPS) is 11.7. The first-order valence-electron chi connectivity index (χ1n) is 6.28. The molecule has 0 N–H and O–H groups in total. The molecular weight excluding hydrogens is 356 g/mol. The maximum absolute atomic E-state index is 6.21. The average molecular weight is 372 g/mol. The second-order valence-corrected chi connectivity index (χ2v) is 8.31. The van der Waals surface area contributed by atoms with Crippen LogP contribution in [0, 0.1) is 0 Å². The minimum absolute atomic E-state index is 0.176. The molecule has 2 rings (SSSR count). The predicted molar refractivity (Wildman–Crippen MR) is 91.2 cm³/mol. The van der Waals surface area contributed by atoms with Gasteiger partial charge in [0.15, 0.2) is 0 Å². The highest BCUT2D eigenvalue weighted by Gasteiger charge is 2.15. The van der Waals surface area contributed by atoms with Gasteiger partial charge in [0.05, 0.1) is 15.9 Å². The average Bonchev–Trinajstić information content (AvgIpc) is 2.40. The number of nitrogens with zero attached hydrogens (tertiary/aromatic N) is 2. The maximum atomic E-state index is 6.21. The molecule has 0 fully saturated rings. The van der Waals surface area contributed by atoms with E-state index in [9.17, 15) is 0 Å². The fourth-order valence-corrected chi connectivity index (χ4v) is 2.88. The van der Waals surface area contributed by atoms with E-state index in [2.05, 4.69) is 46.7 Å². The van der Waals surface area contributed by atoms with Crippen molar-refractivity contribution < 1.29 is 0 Å². The van der Waals surface area contributed by atoms with Crippen molar-refractivity contribution in [1.29, 1.82) is 0 Å². The van der Waals surface area contributed by atoms with Gasteiger partial charge in [-0.05, 0) is 15.9 Å². The van der Waals surface area contributed by atoms with E-state index in [1.165, 1.54) is 0 Å². The Hall–Kier alpha value is -0.580. The van der Waals surface area contributed by atoms with Crippen molar-refractivity contribution in [2.45, 2.75) is 31.3 Å². The first-order valence-corrected chi connectivity index (χ1v) is 8.44. The highest BCUT2D eigenvalue weighted by Crippen LogP contribution is 2.33. The summed E-state index contributed by atoms with van der Waals surface area (Å²) in [5.74, 6) is 1.51. The lowest BCUT2D eigenvalue weighted by atomic mass is 10.1. The second-order valence-electron chi connectivity index (χ2n) is 5.36. The molecule has 1 aromatic heterocycles. The molecule has 5 heteroatoms. The van der Waals surface area contributed by atoms with Gasteiger partial charge in [0.2, 0.25) is 0 Å². The molecule has 0 aliphatic carbocycles. The lowest BCUT2D eigenvalue weighted by Gasteiger charge is -2.17. The van der Waals surface area contributed by atoms with E-state index in [1.54, 1.807) is 11.8 Å². The van der Waals surface area contributed by atoms with E-state index in [-0.39, 0.29) is 4.75 Å². The summed E-state index contributed by atoms with van der Waals surface area (Å²) in [6.07, 6.45) is 0. The molecule has 1 aromatic carbocycles. The largest absolute Gasteiger partial charge is 0.231 e. The van der Waals surface area contributed by atoms with Gasteiger partial charge in [-0.2, -0.15) is 0 Å². The summed E-state index contributed by atoms with van der Waals surface area (Å²) in [4.78, 5) is 8.99. The Morgan fingerprint density at radius 3 is 2.40 bits per heavy atom. The van der Waals surface area contributed by atoms with Crippen LogP contribution in [-0.2, 0) is 5.75 Å². The summed E-state index contributed by atoms with van der Waals surface area (Å²) in [6.45, 7) is 6.53. The minimum Gasteiger partial charge on any atom is -0.231 e. The number of thioether (sulfide) groups is 1. The van der Waals surface area contributed by atoms with Crippen LogP contribution in [0.25, 0.3) is 11.3 Å². The van der Waals surface area contributed by atoms with Crippen LogP contribution in [0.4, 0.5) is 0 Å². The van der Waals surface area contributed by atoms with Crippen molar-refractivity contribution in [3.05, 3.63) is 45.8 Å². The fourth-order valence-electron chi connectivity index (χ4n) is 1.60. The van der Waals surface area contributed by atoms with E-state index in [1.807, 2.05) is 30.3 Å². The SMILES string of the molecule is CC(C)(C)SCc1nc(Cl)c(Br)c(-c2ccccc2)n1. The van der Waals surface area contributed by atoms with Crippen molar-refractivity contribution in [2.24, 2.45) is 0 Å². The molecule has 2 nitrogen and oxygen atoms in total. The Kier molecular flexibility index (Phi) is 5.10. The van der Waals surface area contributed by atoms with Gasteiger partial charge in [0.25, 0.3) is 0 Å². The van der Waals surface area contributed by atoms with E-state index in [0.717, 1.165) is 27.3 Å². The number of benzene rings is 1. The number of rotatable bonds is 3. The number of hydrogen-bond acceptors (Lipinski definition) is 3. The molecule has 0 atom stereocenters. The topological polar surface area (TPSA) is 25.8 Å². The van der Waals surface area contributed by atoms with Crippen molar-refractivity contribution in [3.63, 3.8) is 0 Å². The van der Waals surface area contributed by atoms with Gasteiger partial charge in [-0.3, -0.25) is 0 Å². The van der Waals surface area contributed by atoms with Gasteiger partial charge in [-0.25, -0.2) is 9.97 Å². The van der Waals surface area contributed by atoms with E-state index >= 15 is 0 Å². The molecule has 0 spiro atoms. The third-order valence-corrected chi connectivity index (χ3v) is 5.06. The van der Waals surface area contributed by atoms with E-state index in [0.29, 0.717) is 5.15 Å². The van der Waals surface area contributed by atoms with Crippen LogP contribution >= 0.6 is 39.3 Å². The van der Waals surface area contributed by atoms with Crippen LogP contribution in [0.15, 0.2) is 34.8 Å². The van der Waals surface area contributed by atoms with Gasteiger partial charge < -0.3 is 0 Å². The zero-order valence-electron chi connectivity index (χ0n) is 11.7. The Labute approximate surface area is 137 Å². The number of aromatic nitrogens is 2. The standard InChI is InChI=1S/C15H16BrClN2S/c1-15(2,3)20-9-11-18-13(12(16)14(17)19-11)10-7-5-4-6-8-10/h4-8H,9H2,1-3H3. The zero-order valence-corrected chi connectivity index (χ0v) is 14.8. The highest BCUT2D eigenvalue weighted by atomic mass is 79.9. The molecule has 0 aliphatic heterocycles. The molecule has 0 amide bonds. The van der Waals surface area contributed by atoms with E-state index < -0.39 is 0 Å². The summed E-state index contributed by atoms with van der Waals surface area (Å²) in [6, 6.07) is 9.99. The van der Waals surface area contributed by atoms with Gasteiger partial charge in [-0.1, -0.05) is 62.7 Å². The minimum atomic E-state index is 0.176. The molecule has 0 radical (unpaired) electrons. The lowest BCUT2D eigenvalue weighted by Crippen LogP contribution is -2.09. The molecule has 0 aliphatic rings. The molecule has 106 valence electrons. The summed E-state index contributed by atoms with van der Waals surface area (Å²) in [5.41, 5.74) is 1.88. The summed E-state index contributed by atoms with van der Waals surface area (Å²) in [5, 5.41) is 0.461. The van der Waals surface area contributed by atoms with Crippen LogP contribution in [0.5, 0.6) is 0 Å². The third kappa shape index (κ3) is 4.21. The van der Waals surface area contributed by atoms with Crippen molar-refractivity contribution in [3.8, 4) is 11.3 Å². The molecular formula is C15H16BrClN2S. The lowest BCUT2D eigenvalue weighted by molar-refractivity contribution is 0.800. The summed E-state index contributed by atoms with van der Waals surface area (Å²) in [7, 11) is 0. The Bertz CT molecular complexity index is 597. The molecule has 1 heterocycles.